The van der Waals surface area contributed by atoms with Gasteiger partial charge in [-0.25, -0.2) is 13.2 Å². The molecule has 1 amide bonds. The Balaban J connectivity index is 1.57. The van der Waals surface area contributed by atoms with Crippen molar-refractivity contribution in [3.05, 3.63) is 65.0 Å². The van der Waals surface area contributed by atoms with Crippen LogP contribution in [0, 0.1) is 17.5 Å². The molecule has 0 unspecified atom stereocenters. The zero-order chi connectivity index (χ0) is 20.3. The van der Waals surface area contributed by atoms with Gasteiger partial charge in [0.1, 0.15) is 5.75 Å². The van der Waals surface area contributed by atoms with Crippen molar-refractivity contribution in [1.29, 1.82) is 0 Å². The van der Waals surface area contributed by atoms with Gasteiger partial charge in [0.25, 0.3) is 5.91 Å². The Morgan fingerprint density at radius 2 is 1.57 bits per heavy atom. The molecule has 28 heavy (non-hydrogen) atoms. The van der Waals surface area contributed by atoms with E-state index in [0.717, 1.165) is 12.1 Å². The molecule has 1 fully saturated rings. The van der Waals surface area contributed by atoms with E-state index in [2.05, 4.69) is 0 Å². The summed E-state index contributed by atoms with van der Waals surface area (Å²) in [7, 11) is 1.55. The van der Waals surface area contributed by atoms with Crippen LogP contribution in [0.5, 0.6) is 5.75 Å². The molecule has 0 aromatic heterocycles. The van der Waals surface area contributed by atoms with Crippen molar-refractivity contribution in [2.75, 3.05) is 39.8 Å². The Hall–Kier alpha value is -2.87. The molecule has 5 nitrogen and oxygen atoms in total. The van der Waals surface area contributed by atoms with Gasteiger partial charge in [-0.3, -0.25) is 14.5 Å². The molecule has 0 saturated carbocycles. The number of piperazine rings is 1. The van der Waals surface area contributed by atoms with Gasteiger partial charge >= 0.3 is 0 Å². The van der Waals surface area contributed by atoms with Crippen LogP contribution in [0.4, 0.5) is 13.2 Å². The first-order valence-electron chi connectivity index (χ1n) is 8.73. The topological polar surface area (TPSA) is 49.9 Å². The molecule has 1 aliphatic heterocycles. The summed E-state index contributed by atoms with van der Waals surface area (Å²) in [5.74, 6) is -4.58. The molecule has 8 heteroatoms. The maximum absolute atomic E-state index is 13.8. The van der Waals surface area contributed by atoms with Crippen LogP contribution in [-0.4, -0.2) is 61.3 Å². The summed E-state index contributed by atoms with van der Waals surface area (Å²) in [6.07, 6.45) is 0. The maximum atomic E-state index is 13.8. The number of amides is 1. The maximum Gasteiger partial charge on any atom is 0.257 e. The van der Waals surface area contributed by atoms with Crippen LogP contribution in [0.1, 0.15) is 20.7 Å². The van der Waals surface area contributed by atoms with Crippen molar-refractivity contribution < 1.29 is 27.5 Å². The molecule has 0 aliphatic carbocycles. The molecule has 0 spiro atoms. The number of Topliss-reactive ketones (excluding diaryl/α,β-unsaturated/α-hetero) is 1. The van der Waals surface area contributed by atoms with Crippen LogP contribution in [0.15, 0.2) is 36.4 Å². The molecule has 0 radical (unpaired) electrons. The summed E-state index contributed by atoms with van der Waals surface area (Å²) in [6, 6.07) is 8.46. The van der Waals surface area contributed by atoms with Crippen LogP contribution >= 0.6 is 0 Å². The molecule has 2 aromatic carbocycles. The fourth-order valence-corrected chi connectivity index (χ4v) is 3.04. The fourth-order valence-electron chi connectivity index (χ4n) is 3.04. The van der Waals surface area contributed by atoms with E-state index in [4.69, 9.17) is 4.74 Å². The second-order valence-corrected chi connectivity index (χ2v) is 6.44. The highest BCUT2D eigenvalue weighted by Crippen LogP contribution is 2.18. The van der Waals surface area contributed by atoms with Gasteiger partial charge in [-0.15, -0.1) is 0 Å². The lowest BCUT2D eigenvalue weighted by molar-refractivity contribution is 0.0619. The van der Waals surface area contributed by atoms with Gasteiger partial charge in [0.2, 0.25) is 0 Å². The Morgan fingerprint density at radius 1 is 0.929 bits per heavy atom. The molecule has 1 saturated heterocycles. The van der Waals surface area contributed by atoms with Crippen molar-refractivity contribution in [1.82, 2.24) is 9.80 Å². The van der Waals surface area contributed by atoms with Crippen LogP contribution < -0.4 is 4.74 Å². The van der Waals surface area contributed by atoms with E-state index < -0.39 is 28.9 Å². The average molecular weight is 392 g/mol. The van der Waals surface area contributed by atoms with E-state index in [1.165, 1.54) is 4.90 Å². The summed E-state index contributed by atoms with van der Waals surface area (Å²) in [6.45, 7) is 1.53. The van der Waals surface area contributed by atoms with Crippen molar-refractivity contribution in [2.45, 2.75) is 0 Å². The van der Waals surface area contributed by atoms with Gasteiger partial charge in [0, 0.05) is 31.7 Å². The van der Waals surface area contributed by atoms with Crippen LogP contribution in [0.2, 0.25) is 0 Å². The Morgan fingerprint density at radius 3 is 2.18 bits per heavy atom. The minimum atomic E-state index is -1.66. The third-order valence-electron chi connectivity index (χ3n) is 4.70. The number of benzene rings is 2. The van der Waals surface area contributed by atoms with Crippen molar-refractivity contribution in [3.63, 3.8) is 0 Å². The second-order valence-electron chi connectivity index (χ2n) is 6.44. The number of hydrogen-bond acceptors (Lipinski definition) is 4. The van der Waals surface area contributed by atoms with Gasteiger partial charge in [-0.05, 0) is 36.4 Å². The summed E-state index contributed by atoms with van der Waals surface area (Å²) in [5, 5.41) is 0. The van der Waals surface area contributed by atoms with Gasteiger partial charge in [-0.1, -0.05) is 0 Å². The normalized spacial score (nSPS) is 14.8. The molecule has 148 valence electrons. The number of ketones is 1. The van der Waals surface area contributed by atoms with E-state index in [1.807, 2.05) is 4.90 Å². The molecule has 0 atom stereocenters. The standard InChI is InChI=1S/C20H19F3N2O3/c1-28-14-4-2-13(3-5-14)17(26)12-24-8-10-25(11-9-24)20(27)15-6-7-16(21)19(23)18(15)22/h2-7H,8-12H2,1H3. The summed E-state index contributed by atoms with van der Waals surface area (Å²) in [4.78, 5) is 28.0. The minimum Gasteiger partial charge on any atom is -0.497 e. The highest BCUT2D eigenvalue weighted by Gasteiger charge is 2.27. The predicted octanol–water partition coefficient (Wildman–Crippen LogP) is 2.75. The molecule has 1 aliphatic rings. The number of methoxy groups -OCH3 is 1. The summed E-state index contributed by atoms with van der Waals surface area (Å²) >= 11 is 0. The number of carbonyl (C=O) groups excluding carboxylic acids is 2. The van der Waals surface area contributed by atoms with E-state index in [0.29, 0.717) is 24.4 Å². The number of rotatable bonds is 5. The first-order chi connectivity index (χ1) is 13.4. The lowest BCUT2D eigenvalue weighted by Crippen LogP contribution is -2.50. The van der Waals surface area contributed by atoms with Gasteiger partial charge in [0.15, 0.2) is 23.2 Å². The molecule has 0 N–H and O–H groups in total. The van der Waals surface area contributed by atoms with Crippen LogP contribution in [0.25, 0.3) is 0 Å². The van der Waals surface area contributed by atoms with Crippen molar-refractivity contribution in [2.24, 2.45) is 0 Å². The highest BCUT2D eigenvalue weighted by atomic mass is 19.2. The predicted molar refractivity (Wildman–Crippen MR) is 96.0 cm³/mol. The SMILES string of the molecule is COc1ccc(C(=O)CN2CCN(C(=O)c3ccc(F)c(F)c3F)CC2)cc1. The van der Waals surface area contributed by atoms with Gasteiger partial charge in [0.05, 0.1) is 19.2 Å². The number of nitrogens with zero attached hydrogens (tertiary/aromatic N) is 2. The zero-order valence-corrected chi connectivity index (χ0v) is 15.3. The van der Waals surface area contributed by atoms with Gasteiger partial charge in [-0.2, -0.15) is 0 Å². The zero-order valence-electron chi connectivity index (χ0n) is 15.3. The van der Waals surface area contributed by atoms with E-state index in [9.17, 15) is 22.8 Å². The minimum absolute atomic E-state index is 0.0610. The summed E-state index contributed by atoms with van der Waals surface area (Å²) in [5.41, 5.74) is 0.0600. The fraction of sp³-hybridized carbons (Fsp3) is 0.300. The second kappa shape index (κ2) is 8.43. The Labute approximate surface area is 160 Å². The number of halogens is 3. The number of ether oxygens (including phenoxy) is 1. The summed E-state index contributed by atoms with van der Waals surface area (Å²) < 4.78 is 45.3. The quantitative estimate of drug-likeness (QED) is 0.580. The van der Waals surface area contributed by atoms with E-state index in [-0.39, 0.29) is 25.4 Å². The molecular formula is C20H19F3N2O3. The smallest absolute Gasteiger partial charge is 0.257 e. The monoisotopic (exact) mass is 392 g/mol. The molecular weight excluding hydrogens is 373 g/mol. The highest BCUT2D eigenvalue weighted by molar-refractivity contribution is 5.97. The lowest BCUT2D eigenvalue weighted by atomic mass is 10.1. The van der Waals surface area contributed by atoms with Crippen molar-refractivity contribution in [3.8, 4) is 5.75 Å². The Bertz CT molecular complexity index is 879. The van der Waals surface area contributed by atoms with Gasteiger partial charge < -0.3 is 9.64 Å². The van der Waals surface area contributed by atoms with E-state index >= 15 is 0 Å². The van der Waals surface area contributed by atoms with Crippen molar-refractivity contribution >= 4 is 11.7 Å². The third-order valence-corrected chi connectivity index (χ3v) is 4.70. The first kappa shape index (κ1) is 19.9. The number of hydrogen-bond donors (Lipinski definition) is 0. The molecule has 2 aromatic rings. The lowest BCUT2D eigenvalue weighted by Gasteiger charge is -2.34. The third kappa shape index (κ3) is 4.17. The molecule has 3 rings (SSSR count). The average Bonchev–Trinajstić information content (AvgIpc) is 2.72. The largest absolute Gasteiger partial charge is 0.497 e. The molecule has 1 heterocycles. The van der Waals surface area contributed by atoms with Crippen LogP contribution in [0.3, 0.4) is 0 Å². The Kier molecular flexibility index (Phi) is 5.99. The van der Waals surface area contributed by atoms with E-state index in [1.54, 1.807) is 31.4 Å². The van der Waals surface area contributed by atoms with Crippen LogP contribution in [-0.2, 0) is 0 Å². The first-order valence-corrected chi connectivity index (χ1v) is 8.73. The number of carbonyl (C=O) groups is 2. The molecule has 0 bridgehead atoms.